The normalized spacial score (nSPS) is 10.9. The molecule has 1 unspecified atom stereocenters. The predicted octanol–water partition coefficient (Wildman–Crippen LogP) is 0.830. The van der Waals surface area contributed by atoms with Gasteiger partial charge in [-0.05, 0) is 17.7 Å². The van der Waals surface area contributed by atoms with Gasteiger partial charge in [0, 0.05) is 0 Å². The van der Waals surface area contributed by atoms with Crippen molar-refractivity contribution in [1.82, 2.24) is 5.32 Å². The van der Waals surface area contributed by atoms with Gasteiger partial charge in [-0.2, -0.15) is 0 Å². The predicted molar refractivity (Wildman–Crippen MR) is 71.4 cm³/mol. The SMILES string of the molecule is CC.COc1cccc(C(CO)NC(=O)CN)c1. The van der Waals surface area contributed by atoms with Crippen molar-refractivity contribution in [3.63, 3.8) is 0 Å². The minimum Gasteiger partial charge on any atom is -0.497 e. The van der Waals surface area contributed by atoms with Crippen molar-refractivity contribution in [3.8, 4) is 5.75 Å². The van der Waals surface area contributed by atoms with Crippen molar-refractivity contribution in [3.05, 3.63) is 29.8 Å². The summed E-state index contributed by atoms with van der Waals surface area (Å²) < 4.78 is 5.06. The van der Waals surface area contributed by atoms with Crippen LogP contribution in [0.25, 0.3) is 0 Å². The Labute approximate surface area is 108 Å². The number of rotatable bonds is 5. The lowest BCUT2D eigenvalue weighted by molar-refractivity contribution is -0.120. The van der Waals surface area contributed by atoms with Crippen molar-refractivity contribution in [2.24, 2.45) is 5.73 Å². The summed E-state index contributed by atoms with van der Waals surface area (Å²) in [4.78, 5) is 11.1. The Morgan fingerprint density at radius 3 is 2.67 bits per heavy atom. The summed E-state index contributed by atoms with van der Waals surface area (Å²) in [6.07, 6.45) is 0. The molecule has 5 heteroatoms. The van der Waals surface area contributed by atoms with Crippen LogP contribution in [0.3, 0.4) is 0 Å². The molecule has 18 heavy (non-hydrogen) atoms. The first-order valence-electron chi connectivity index (χ1n) is 5.95. The van der Waals surface area contributed by atoms with Gasteiger partial charge >= 0.3 is 0 Å². The molecule has 1 rings (SSSR count). The highest BCUT2D eigenvalue weighted by Crippen LogP contribution is 2.18. The van der Waals surface area contributed by atoms with Gasteiger partial charge in [0.15, 0.2) is 0 Å². The number of aliphatic hydroxyl groups excluding tert-OH is 1. The Morgan fingerprint density at radius 2 is 2.17 bits per heavy atom. The second-order valence-electron chi connectivity index (χ2n) is 3.28. The highest BCUT2D eigenvalue weighted by atomic mass is 16.5. The molecule has 102 valence electrons. The van der Waals surface area contributed by atoms with Gasteiger partial charge in [-0.1, -0.05) is 26.0 Å². The number of aliphatic hydroxyl groups is 1. The Hall–Kier alpha value is -1.59. The molecule has 0 fully saturated rings. The second-order valence-corrected chi connectivity index (χ2v) is 3.28. The van der Waals surface area contributed by atoms with Gasteiger partial charge in [0.05, 0.1) is 26.3 Å². The van der Waals surface area contributed by atoms with Crippen LogP contribution in [-0.2, 0) is 4.79 Å². The lowest BCUT2D eigenvalue weighted by Gasteiger charge is -2.16. The van der Waals surface area contributed by atoms with Crippen LogP contribution in [0, 0.1) is 0 Å². The van der Waals surface area contributed by atoms with E-state index < -0.39 is 6.04 Å². The average molecular weight is 254 g/mol. The Morgan fingerprint density at radius 1 is 1.50 bits per heavy atom. The van der Waals surface area contributed by atoms with Crippen LogP contribution in [0.2, 0.25) is 0 Å². The summed E-state index contributed by atoms with van der Waals surface area (Å²) in [6, 6.07) is 6.71. The number of benzene rings is 1. The number of nitrogens with one attached hydrogen (secondary N) is 1. The first kappa shape index (κ1) is 16.4. The molecule has 1 aromatic carbocycles. The van der Waals surface area contributed by atoms with E-state index in [4.69, 9.17) is 10.5 Å². The number of carbonyl (C=O) groups is 1. The molecule has 0 spiro atoms. The minimum absolute atomic E-state index is 0.0968. The van der Waals surface area contributed by atoms with Gasteiger partial charge in [-0.15, -0.1) is 0 Å². The molecule has 0 aliphatic carbocycles. The van der Waals surface area contributed by atoms with Crippen LogP contribution in [-0.4, -0.2) is 31.3 Å². The molecule has 5 nitrogen and oxygen atoms in total. The molecule has 1 aromatic rings. The highest BCUT2D eigenvalue weighted by molar-refractivity contribution is 5.78. The van der Waals surface area contributed by atoms with Crippen LogP contribution in [0.15, 0.2) is 24.3 Å². The Bertz CT molecular complexity index is 356. The molecule has 0 aliphatic heterocycles. The van der Waals surface area contributed by atoms with E-state index in [9.17, 15) is 9.90 Å². The standard InChI is InChI=1S/C11H16N2O3.C2H6/c1-16-9-4-2-3-8(5-9)10(7-14)13-11(15)6-12;1-2/h2-5,10,14H,6-7,12H2,1H3,(H,13,15);1-2H3. The molecule has 0 radical (unpaired) electrons. The van der Waals surface area contributed by atoms with E-state index in [1.54, 1.807) is 31.4 Å². The molecule has 4 N–H and O–H groups in total. The number of hydrogen-bond acceptors (Lipinski definition) is 4. The van der Waals surface area contributed by atoms with Crippen LogP contribution < -0.4 is 15.8 Å². The summed E-state index contributed by atoms with van der Waals surface area (Å²) in [5.41, 5.74) is 5.97. The van der Waals surface area contributed by atoms with E-state index >= 15 is 0 Å². The molecule has 0 heterocycles. The van der Waals surface area contributed by atoms with Crippen LogP contribution in [0.5, 0.6) is 5.75 Å². The smallest absolute Gasteiger partial charge is 0.234 e. The number of ether oxygens (including phenoxy) is 1. The van der Waals surface area contributed by atoms with Crippen LogP contribution >= 0.6 is 0 Å². The minimum atomic E-state index is -0.453. The molecule has 0 saturated carbocycles. The summed E-state index contributed by atoms with van der Waals surface area (Å²) >= 11 is 0. The van der Waals surface area contributed by atoms with E-state index in [2.05, 4.69) is 5.32 Å². The van der Waals surface area contributed by atoms with Gasteiger partial charge in [-0.25, -0.2) is 0 Å². The van der Waals surface area contributed by atoms with Gasteiger partial charge in [0.25, 0.3) is 0 Å². The fraction of sp³-hybridized carbons (Fsp3) is 0.462. The van der Waals surface area contributed by atoms with Gasteiger partial charge in [0.2, 0.25) is 5.91 Å². The maximum atomic E-state index is 11.1. The molecular formula is C13H22N2O3. The first-order chi connectivity index (χ1) is 8.71. The summed E-state index contributed by atoms with van der Waals surface area (Å²) in [6.45, 7) is 3.72. The maximum absolute atomic E-state index is 11.1. The van der Waals surface area contributed by atoms with Crippen molar-refractivity contribution in [2.75, 3.05) is 20.3 Å². The van der Waals surface area contributed by atoms with E-state index in [1.165, 1.54) is 0 Å². The van der Waals surface area contributed by atoms with Crippen molar-refractivity contribution in [1.29, 1.82) is 0 Å². The van der Waals surface area contributed by atoms with Crippen molar-refractivity contribution >= 4 is 5.91 Å². The Kier molecular flexibility index (Phi) is 8.61. The summed E-state index contributed by atoms with van der Waals surface area (Å²) in [5, 5.41) is 11.8. The number of carbonyl (C=O) groups excluding carboxylic acids is 1. The lowest BCUT2D eigenvalue weighted by Crippen LogP contribution is -2.35. The molecular weight excluding hydrogens is 232 g/mol. The summed E-state index contributed by atoms with van der Waals surface area (Å²) in [5.74, 6) is 0.375. The molecule has 0 saturated heterocycles. The van der Waals surface area contributed by atoms with Crippen LogP contribution in [0.4, 0.5) is 0 Å². The van der Waals surface area contributed by atoms with Crippen molar-refractivity contribution in [2.45, 2.75) is 19.9 Å². The first-order valence-corrected chi connectivity index (χ1v) is 5.95. The van der Waals surface area contributed by atoms with Gasteiger partial charge < -0.3 is 20.9 Å². The van der Waals surface area contributed by atoms with E-state index in [1.807, 2.05) is 13.8 Å². The number of hydrogen-bond donors (Lipinski definition) is 3. The highest BCUT2D eigenvalue weighted by Gasteiger charge is 2.12. The number of nitrogens with two attached hydrogens (primary N) is 1. The lowest BCUT2D eigenvalue weighted by atomic mass is 10.1. The molecule has 0 bridgehead atoms. The zero-order valence-electron chi connectivity index (χ0n) is 11.1. The van der Waals surface area contributed by atoms with E-state index in [-0.39, 0.29) is 19.1 Å². The summed E-state index contributed by atoms with van der Waals surface area (Å²) in [7, 11) is 1.56. The Balaban J connectivity index is 0.00000137. The average Bonchev–Trinajstić information content (AvgIpc) is 2.46. The van der Waals surface area contributed by atoms with Gasteiger partial charge in [0.1, 0.15) is 5.75 Å². The third-order valence-electron chi connectivity index (χ3n) is 2.20. The third-order valence-corrected chi connectivity index (χ3v) is 2.20. The topological polar surface area (TPSA) is 84.6 Å². The quantitative estimate of drug-likeness (QED) is 0.726. The molecule has 0 aromatic heterocycles. The number of amides is 1. The third kappa shape index (κ3) is 5.16. The van der Waals surface area contributed by atoms with Gasteiger partial charge in [-0.3, -0.25) is 4.79 Å². The molecule has 1 amide bonds. The fourth-order valence-electron chi connectivity index (χ4n) is 1.35. The second kappa shape index (κ2) is 9.44. The largest absolute Gasteiger partial charge is 0.497 e. The number of methoxy groups -OCH3 is 1. The van der Waals surface area contributed by atoms with Crippen LogP contribution in [0.1, 0.15) is 25.5 Å². The molecule has 1 atom stereocenters. The monoisotopic (exact) mass is 254 g/mol. The van der Waals surface area contributed by atoms with E-state index in [0.717, 1.165) is 5.56 Å². The van der Waals surface area contributed by atoms with Crippen molar-refractivity contribution < 1.29 is 14.6 Å². The zero-order chi connectivity index (χ0) is 14.0. The van der Waals surface area contributed by atoms with E-state index in [0.29, 0.717) is 5.75 Å². The molecule has 0 aliphatic rings. The maximum Gasteiger partial charge on any atom is 0.234 e. The fourth-order valence-corrected chi connectivity index (χ4v) is 1.35. The zero-order valence-corrected chi connectivity index (χ0v) is 11.1.